The first-order chi connectivity index (χ1) is 9.67. The summed E-state index contributed by atoms with van der Waals surface area (Å²) < 4.78 is 10.9. The molecule has 0 bridgehead atoms. The Bertz CT molecular complexity index is 814. The van der Waals surface area contributed by atoms with E-state index in [1.54, 1.807) is 25.3 Å². The van der Waals surface area contributed by atoms with E-state index in [-0.39, 0.29) is 5.43 Å². The highest BCUT2D eigenvalue weighted by Crippen LogP contribution is 2.24. The zero-order valence-corrected chi connectivity index (χ0v) is 11.3. The van der Waals surface area contributed by atoms with E-state index in [1.807, 2.05) is 31.2 Å². The third kappa shape index (κ3) is 2.18. The van der Waals surface area contributed by atoms with Crippen molar-refractivity contribution in [3.63, 3.8) is 0 Å². The fourth-order valence-corrected chi connectivity index (χ4v) is 2.12. The number of hydrogen-bond donors (Lipinski definition) is 0. The third-order valence-electron chi connectivity index (χ3n) is 3.27. The normalized spacial score (nSPS) is 10.7. The van der Waals surface area contributed by atoms with E-state index >= 15 is 0 Å². The summed E-state index contributed by atoms with van der Waals surface area (Å²) in [5.74, 6) is 1.22. The van der Waals surface area contributed by atoms with Gasteiger partial charge >= 0.3 is 0 Å². The molecule has 3 aromatic rings. The highest BCUT2D eigenvalue weighted by Gasteiger charge is 2.07. The largest absolute Gasteiger partial charge is 0.497 e. The number of ether oxygens (including phenoxy) is 1. The Morgan fingerprint density at radius 1 is 1.00 bits per heavy atom. The average Bonchev–Trinajstić information content (AvgIpc) is 2.47. The lowest BCUT2D eigenvalue weighted by Gasteiger charge is -2.05. The molecule has 0 saturated heterocycles. The summed E-state index contributed by atoms with van der Waals surface area (Å²) in [6, 6.07) is 14.6. The Hall–Kier alpha value is -2.55. The first kappa shape index (κ1) is 12.5. The van der Waals surface area contributed by atoms with Gasteiger partial charge in [-0.1, -0.05) is 29.8 Å². The van der Waals surface area contributed by atoms with Crippen LogP contribution in [-0.4, -0.2) is 7.11 Å². The molecule has 3 rings (SSSR count). The van der Waals surface area contributed by atoms with E-state index in [1.165, 1.54) is 11.6 Å². The number of fused-ring (bicyclic) bond motifs is 1. The maximum absolute atomic E-state index is 12.2. The first-order valence-corrected chi connectivity index (χ1v) is 6.36. The van der Waals surface area contributed by atoms with Gasteiger partial charge in [0.15, 0.2) is 5.43 Å². The van der Waals surface area contributed by atoms with Crippen LogP contribution in [0.3, 0.4) is 0 Å². The monoisotopic (exact) mass is 266 g/mol. The minimum atomic E-state index is -0.0688. The minimum absolute atomic E-state index is 0.0688. The van der Waals surface area contributed by atoms with Crippen LogP contribution in [0.25, 0.3) is 22.3 Å². The summed E-state index contributed by atoms with van der Waals surface area (Å²) in [4.78, 5) is 12.2. The van der Waals surface area contributed by atoms with Gasteiger partial charge in [0.1, 0.15) is 17.1 Å². The molecule has 0 aliphatic carbocycles. The van der Waals surface area contributed by atoms with Gasteiger partial charge in [-0.05, 0) is 25.1 Å². The molecule has 0 fully saturated rings. The van der Waals surface area contributed by atoms with Gasteiger partial charge in [0, 0.05) is 11.6 Å². The number of hydrogen-bond acceptors (Lipinski definition) is 3. The molecule has 1 heterocycles. The maximum Gasteiger partial charge on any atom is 0.193 e. The van der Waals surface area contributed by atoms with Crippen LogP contribution >= 0.6 is 0 Å². The average molecular weight is 266 g/mol. The molecule has 0 aliphatic heterocycles. The molecule has 0 radical (unpaired) electrons. The lowest BCUT2D eigenvalue weighted by molar-refractivity contribution is 0.415. The highest BCUT2D eigenvalue weighted by atomic mass is 16.5. The van der Waals surface area contributed by atoms with Crippen molar-refractivity contribution in [2.45, 2.75) is 6.92 Å². The maximum atomic E-state index is 12.2. The minimum Gasteiger partial charge on any atom is -0.497 e. The summed E-state index contributed by atoms with van der Waals surface area (Å²) in [5, 5.41) is 0.528. The lowest BCUT2D eigenvalue weighted by atomic mass is 10.1. The third-order valence-corrected chi connectivity index (χ3v) is 3.27. The van der Waals surface area contributed by atoms with Gasteiger partial charge in [0.25, 0.3) is 0 Å². The second-order valence-electron chi connectivity index (χ2n) is 4.70. The summed E-state index contributed by atoms with van der Waals surface area (Å²) in [6.45, 7) is 2.02. The molecular weight excluding hydrogens is 252 g/mol. The highest BCUT2D eigenvalue weighted by molar-refractivity contribution is 5.80. The van der Waals surface area contributed by atoms with Crippen molar-refractivity contribution in [1.29, 1.82) is 0 Å². The summed E-state index contributed by atoms with van der Waals surface area (Å²) in [6.07, 6.45) is 0. The predicted octanol–water partition coefficient (Wildman–Crippen LogP) is 3.78. The van der Waals surface area contributed by atoms with Crippen molar-refractivity contribution in [3.05, 3.63) is 64.3 Å². The molecule has 0 N–H and O–H groups in total. The van der Waals surface area contributed by atoms with Crippen molar-refractivity contribution >= 4 is 11.0 Å². The molecule has 0 unspecified atom stereocenters. The smallest absolute Gasteiger partial charge is 0.193 e. The Balaban J connectivity index is 2.19. The fourth-order valence-electron chi connectivity index (χ4n) is 2.12. The summed E-state index contributed by atoms with van der Waals surface area (Å²) in [7, 11) is 1.57. The van der Waals surface area contributed by atoms with Crippen LogP contribution in [0.15, 0.2) is 57.7 Å². The molecule has 0 spiro atoms. The molecule has 3 heteroatoms. The van der Waals surface area contributed by atoms with Crippen LogP contribution in [0.2, 0.25) is 0 Å². The van der Waals surface area contributed by atoms with Gasteiger partial charge in [0.2, 0.25) is 0 Å². The molecular formula is C17H14O3. The standard InChI is InChI=1S/C17H14O3/c1-11-3-5-12(6-4-11)17-10-15(18)14-9-13(19-2)7-8-16(14)20-17/h3-10H,1-2H3. The van der Waals surface area contributed by atoms with Crippen LogP contribution in [-0.2, 0) is 0 Å². The molecule has 1 aromatic heterocycles. The predicted molar refractivity (Wildman–Crippen MR) is 79.2 cm³/mol. The van der Waals surface area contributed by atoms with Gasteiger partial charge in [-0.15, -0.1) is 0 Å². The molecule has 3 nitrogen and oxygen atoms in total. The van der Waals surface area contributed by atoms with E-state index in [0.29, 0.717) is 22.5 Å². The Labute approximate surface area is 116 Å². The van der Waals surface area contributed by atoms with Crippen LogP contribution in [0.5, 0.6) is 5.75 Å². The molecule has 2 aromatic carbocycles. The van der Waals surface area contributed by atoms with E-state index in [4.69, 9.17) is 9.15 Å². The van der Waals surface area contributed by atoms with Crippen molar-refractivity contribution < 1.29 is 9.15 Å². The summed E-state index contributed by atoms with van der Waals surface area (Å²) >= 11 is 0. The zero-order valence-electron chi connectivity index (χ0n) is 11.3. The number of aryl methyl sites for hydroxylation is 1. The first-order valence-electron chi connectivity index (χ1n) is 6.36. The number of benzene rings is 2. The van der Waals surface area contributed by atoms with Gasteiger partial charge in [-0.25, -0.2) is 0 Å². The van der Waals surface area contributed by atoms with Crippen LogP contribution in [0.1, 0.15) is 5.56 Å². The SMILES string of the molecule is COc1ccc2oc(-c3ccc(C)cc3)cc(=O)c2c1. The van der Waals surface area contributed by atoms with Crippen LogP contribution in [0, 0.1) is 6.92 Å². The van der Waals surface area contributed by atoms with Gasteiger partial charge in [-0.3, -0.25) is 4.79 Å². The molecule has 0 amide bonds. The number of rotatable bonds is 2. The van der Waals surface area contributed by atoms with E-state index in [0.717, 1.165) is 5.56 Å². The van der Waals surface area contributed by atoms with E-state index in [9.17, 15) is 4.79 Å². The number of methoxy groups -OCH3 is 1. The molecule has 100 valence electrons. The van der Waals surface area contributed by atoms with E-state index in [2.05, 4.69) is 0 Å². The molecule has 0 saturated carbocycles. The Morgan fingerprint density at radius 3 is 2.45 bits per heavy atom. The quantitative estimate of drug-likeness (QED) is 0.708. The fraction of sp³-hybridized carbons (Fsp3) is 0.118. The van der Waals surface area contributed by atoms with Crippen LogP contribution < -0.4 is 10.2 Å². The van der Waals surface area contributed by atoms with E-state index < -0.39 is 0 Å². The Morgan fingerprint density at radius 2 is 1.75 bits per heavy atom. The van der Waals surface area contributed by atoms with Gasteiger partial charge in [0.05, 0.1) is 12.5 Å². The van der Waals surface area contributed by atoms with Crippen molar-refractivity contribution in [2.24, 2.45) is 0 Å². The van der Waals surface area contributed by atoms with Crippen molar-refractivity contribution in [1.82, 2.24) is 0 Å². The Kier molecular flexibility index (Phi) is 3.03. The second kappa shape index (κ2) is 4.85. The topological polar surface area (TPSA) is 39.4 Å². The molecule has 20 heavy (non-hydrogen) atoms. The second-order valence-corrected chi connectivity index (χ2v) is 4.70. The summed E-state index contributed by atoms with van der Waals surface area (Å²) in [5.41, 5.74) is 2.56. The lowest BCUT2D eigenvalue weighted by Crippen LogP contribution is -2.00. The molecule has 0 aliphatic rings. The van der Waals surface area contributed by atoms with Crippen molar-refractivity contribution in [2.75, 3.05) is 7.11 Å². The van der Waals surface area contributed by atoms with Crippen molar-refractivity contribution in [3.8, 4) is 17.1 Å². The van der Waals surface area contributed by atoms with Gasteiger partial charge < -0.3 is 9.15 Å². The zero-order chi connectivity index (χ0) is 14.1. The van der Waals surface area contributed by atoms with Crippen LogP contribution in [0.4, 0.5) is 0 Å². The van der Waals surface area contributed by atoms with Gasteiger partial charge in [-0.2, -0.15) is 0 Å². The molecule has 0 atom stereocenters.